The summed E-state index contributed by atoms with van der Waals surface area (Å²) in [5.41, 5.74) is 5.47. The van der Waals surface area contributed by atoms with Crippen LogP contribution in [0, 0.1) is 5.92 Å². The Hall–Kier alpha value is -3.47. The molecule has 0 spiro atoms. The Kier molecular flexibility index (Phi) is 8.75. The largest absolute Gasteiger partial charge is 0.487 e. The molecule has 3 atom stereocenters. The van der Waals surface area contributed by atoms with E-state index in [1.54, 1.807) is 4.90 Å². The van der Waals surface area contributed by atoms with Crippen LogP contribution in [0.4, 0.5) is 11.4 Å². The molecule has 0 radical (unpaired) electrons. The summed E-state index contributed by atoms with van der Waals surface area (Å²) < 4.78 is 6.69. The fourth-order valence-corrected chi connectivity index (χ4v) is 6.25. The van der Waals surface area contributed by atoms with Gasteiger partial charge in [0.2, 0.25) is 0 Å². The van der Waals surface area contributed by atoms with Crippen LogP contribution in [0.1, 0.15) is 79.8 Å². The van der Waals surface area contributed by atoms with Crippen molar-refractivity contribution in [2.75, 3.05) is 24.2 Å². The van der Waals surface area contributed by atoms with Gasteiger partial charge in [0, 0.05) is 48.6 Å². The Morgan fingerprint density at radius 3 is 2.41 bits per heavy atom. The van der Waals surface area contributed by atoms with E-state index in [0.717, 1.165) is 42.2 Å². The van der Waals surface area contributed by atoms with Crippen molar-refractivity contribution in [3.8, 4) is 5.75 Å². The molecule has 0 bridgehead atoms. The highest BCUT2D eigenvalue weighted by atomic mass is 16.5. The molecule has 2 N–H and O–H groups in total. The van der Waals surface area contributed by atoms with E-state index in [-0.39, 0.29) is 24.0 Å². The van der Waals surface area contributed by atoms with Gasteiger partial charge in [-0.25, -0.2) is 0 Å². The molecule has 1 saturated carbocycles. The minimum Gasteiger partial charge on any atom is -0.487 e. The van der Waals surface area contributed by atoms with Gasteiger partial charge >= 0.3 is 0 Å². The van der Waals surface area contributed by atoms with Gasteiger partial charge in [-0.2, -0.15) is 0 Å². The van der Waals surface area contributed by atoms with Crippen molar-refractivity contribution in [2.24, 2.45) is 5.92 Å². The molecular formula is C34H43N3O2. The van der Waals surface area contributed by atoms with E-state index in [9.17, 15) is 4.79 Å². The van der Waals surface area contributed by atoms with E-state index in [2.05, 4.69) is 85.1 Å². The lowest BCUT2D eigenvalue weighted by Gasteiger charge is -2.36. The lowest BCUT2D eigenvalue weighted by molar-refractivity contribution is 0.0795. The van der Waals surface area contributed by atoms with Gasteiger partial charge in [-0.05, 0) is 73.2 Å². The van der Waals surface area contributed by atoms with Gasteiger partial charge in [0.05, 0.1) is 6.04 Å². The zero-order valence-corrected chi connectivity index (χ0v) is 23.7. The Bertz CT molecular complexity index is 1220. The molecule has 3 unspecified atom stereocenters. The van der Waals surface area contributed by atoms with Crippen LogP contribution < -0.4 is 15.4 Å². The number of benzene rings is 3. The van der Waals surface area contributed by atoms with Crippen LogP contribution in [-0.4, -0.2) is 36.5 Å². The van der Waals surface area contributed by atoms with Gasteiger partial charge in [-0.15, -0.1) is 0 Å². The molecule has 1 fully saturated rings. The summed E-state index contributed by atoms with van der Waals surface area (Å²) in [4.78, 5) is 14.5. The van der Waals surface area contributed by atoms with Crippen molar-refractivity contribution in [3.05, 3.63) is 89.5 Å². The number of fused-ring (bicyclic) bond motifs is 1. The van der Waals surface area contributed by atoms with Gasteiger partial charge in [0.15, 0.2) is 0 Å². The van der Waals surface area contributed by atoms with Crippen LogP contribution in [0.15, 0.2) is 72.8 Å². The summed E-state index contributed by atoms with van der Waals surface area (Å²) >= 11 is 0. The van der Waals surface area contributed by atoms with Crippen LogP contribution in [0.5, 0.6) is 5.75 Å². The Morgan fingerprint density at radius 1 is 0.974 bits per heavy atom. The van der Waals surface area contributed by atoms with Crippen molar-refractivity contribution in [2.45, 2.75) is 77.0 Å². The predicted octanol–water partition coefficient (Wildman–Crippen LogP) is 7.71. The molecule has 1 heterocycles. The van der Waals surface area contributed by atoms with Crippen molar-refractivity contribution < 1.29 is 9.53 Å². The Labute approximate surface area is 234 Å². The molecule has 3 aromatic rings. The van der Waals surface area contributed by atoms with E-state index >= 15 is 0 Å². The fourth-order valence-electron chi connectivity index (χ4n) is 6.25. The third-order valence-corrected chi connectivity index (χ3v) is 8.48. The summed E-state index contributed by atoms with van der Waals surface area (Å²) in [7, 11) is 1.87. The molecule has 1 amide bonds. The number of carbonyl (C=O) groups excluding carboxylic acids is 1. The maximum atomic E-state index is 12.7. The highest BCUT2D eigenvalue weighted by molar-refractivity contribution is 5.94. The first-order valence-electron chi connectivity index (χ1n) is 14.7. The number of hydrogen-bond donors (Lipinski definition) is 2. The molecule has 39 heavy (non-hydrogen) atoms. The number of amides is 1. The molecule has 5 heteroatoms. The van der Waals surface area contributed by atoms with Crippen LogP contribution in [-0.2, 0) is 6.54 Å². The molecule has 206 valence electrons. The zero-order chi connectivity index (χ0) is 27.2. The van der Waals surface area contributed by atoms with E-state index < -0.39 is 0 Å². The van der Waals surface area contributed by atoms with E-state index in [1.807, 2.05) is 19.2 Å². The first kappa shape index (κ1) is 27.1. The Morgan fingerprint density at radius 2 is 1.69 bits per heavy atom. The highest BCUT2D eigenvalue weighted by Gasteiger charge is 2.41. The molecular weight excluding hydrogens is 482 g/mol. The second-order valence-electron chi connectivity index (χ2n) is 11.3. The van der Waals surface area contributed by atoms with E-state index in [0.29, 0.717) is 5.92 Å². The first-order chi connectivity index (χ1) is 19.0. The normalized spacial score (nSPS) is 19.6. The van der Waals surface area contributed by atoms with Crippen molar-refractivity contribution in [3.63, 3.8) is 0 Å². The molecule has 0 aromatic heterocycles. The van der Waals surface area contributed by atoms with E-state index in [1.165, 1.54) is 43.2 Å². The van der Waals surface area contributed by atoms with Gasteiger partial charge < -0.3 is 20.3 Å². The summed E-state index contributed by atoms with van der Waals surface area (Å²) in [6.07, 6.45) is 7.35. The number of hydrogen-bond acceptors (Lipinski definition) is 4. The highest BCUT2D eigenvalue weighted by Crippen LogP contribution is 2.44. The average molecular weight is 526 g/mol. The van der Waals surface area contributed by atoms with Crippen molar-refractivity contribution in [1.29, 1.82) is 0 Å². The minimum absolute atomic E-state index is 0.0597. The van der Waals surface area contributed by atoms with Crippen molar-refractivity contribution in [1.82, 2.24) is 4.90 Å². The molecule has 2 aliphatic rings. The number of nitrogens with one attached hydrogen (secondary N) is 2. The number of ether oxygens (including phenoxy) is 1. The van der Waals surface area contributed by atoms with Crippen LogP contribution in [0.3, 0.4) is 0 Å². The molecule has 3 aromatic carbocycles. The topological polar surface area (TPSA) is 53.6 Å². The zero-order valence-electron chi connectivity index (χ0n) is 23.7. The maximum absolute atomic E-state index is 12.7. The van der Waals surface area contributed by atoms with Gasteiger partial charge in [-0.1, -0.05) is 63.4 Å². The summed E-state index contributed by atoms with van der Waals surface area (Å²) in [5.74, 6) is 1.92. The molecule has 5 nitrogen and oxygen atoms in total. The lowest BCUT2D eigenvalue weighted by atomic mass is 9.78. The fraction of sp³-hybridized carbons (Fsp3) is 0.441. The molecule has 5 rings (SSSR count). The van der Waals surface area contributed by atoms with E-state index in [4.69, 9.17) is 4.74 Å². The number of anilines is 2. The number of carbonyl (C=O) groups is 1. The van der Waals surface area contributed by atoms with Crippen LogP contribution in [0.25, 0.3) is 0 Å². The second-order valence-corrected chi connectivity index (χ2v) is 11.3. The third-order valence-electron chi connectivity index (χ3n) is 8.48. The SMILES string of the molecule is CCCN(C)C(=O)c1ccc(NC(C2CCCCC2)C2Oc3ccc(NCc4ccccc4)cc3C2C)cc1. The molecule has 1 aliphatic heterocycles. The molecule has 0 saturated heterocycles. The van der Waals surface area contributed by atoms with Crippen LogP contribution in [0.2, 0.25) is 0 Å². The van der Waals surface area contributed by atoms with Crippen LogP contribution >= 0.6 is 0 Å². The second kappa shape index (κ2) is 12.6. The quantitative estimate of drug-likeness (QED) is 0.285. The van der Waals surface area contributed by atoms with Crippen molar-refractivity contribution >= 4 is 17.3 Å². The number of nitrogens with zero attached hydrogens (tertiary/aromatic N) is 1. The third kappa shape index (κ3) is 6.41. The summed E-state index contributed by atoms with van der Waals surface area (Å²) in [5, 5.41) is 7.46. The summed E-state index contributed by atoms with van der Waals surface area (Å²) in [6.45, 7) is 5.97. The van der Waals surface area contributed by atoms with Gasteiger partial charge in [0.1, 0.15) is 11.9 Å². The number of rotatable bonds is 10. The average Bonchev–Trinajstić information content (AvgIpc) is 3.31. The smallest absolute Gasteiger partial charge is 0.253 e. The maximum Gasteiger partial charge on any atom is 0.253 e. The predicted molar refractivity (Wildman–Crippen MR) is 161 cm³/mol. The lowest BCUT2D eigenvalue weighted by Crippen LogP contribution is -2.44. The monoisotopic (exact) mass is 525 g/mol. The standard InChI is InChI=1S/C34H43N3O2/c1-4-21-37(3)34(38)27-15-17-28(18-16-27)36-32(26-13-9-6-10-14-26)33-24(2)30-22-29(19-20-31(30)39-33)35-23-25-11-7-5-8-12-25/h5,7-8,11-12,15-20,22,24,26,32-33,35-36H,4,6,9-10,13-14,21,23H2,1-3H3. The van der Waals surface area contributed by atoms with Gasteiger partial charge in [0.25, 0.3) is 5.91 Å². The minimum atomic E-state index is 0.0597. The molecule has 1 aliphatic carbocycles. The van der Waals surface area contributed by atoms with Gasteiger partial charge in [-0.3, -0.25) is 4.79 Å². The first-order valence-corrected chi connectivity index (χ1v) is 14.7. The summed E-state index contributed by atoms with van der Waals surface area (Å²) in [6, 6.07) is 25.3. The Balaban J connectivity index is 1.31.